The maximum Gasteiger partial charge on any atom is 0.407 e. The summed E-state index contributed by atoms with van der Waals surface area (Å²) in [6, 6.07) is 3.53. The van der Waals surface area contributed by atoms with Gasteiger partial charge in [-0.1, -0.05) is 11.6 Å². The third-order valence-electron chi connectivity index (χ3n) is 4.32. The molecule has 0 aromatic carbocycles. The first-order valence-corrected chi connectivity index (χ1v) is 7.20. The molecule has 7 heteroatoms. The molecule has 1 aliphatic carbocycles. The number of nitrogens with zero attached hydrogens (tertiary/aromatic N) is 3. The van der Waals surface area contributed by atoms with Gasteiger partial charge in [0.2, 0.25) is 0 Å². The van der Waals surface area contributed by atoms with Crippen molar-refractivity contribution in [2.24, 2.45) is 17.8 Å². The topological polar surface area (TPSA) is 78.4 Å². The molecule has 2 N–H and O–H groups in total. The fourth-order valence-electron chi connectivity index (χ4n) is 3.41. The Balaban J connectivity index is 1.48. The van der Waals surface area contributed by atoms with Crippen LogP contribution in [0, 0.1) is 17.8 Å². The summed E-state index contributed by atoms with van der Waals surface area (Å²) in [5, 5.41) is 20.4. The number of fused-ring (bicyclic) bond motifs is 1. The highest BCUT2D eigenvalue weighted by Gasteiger charge is 2.42. The van der Waals surface area contributed by atoms with E-state index in [4.69, 9.17) is 16.7 Å². The van der Waals surface area contributed by atoms with Gasteiger partial charge < -0.3 is 15.3 Å². The van der Waals surface area contributed by atoms with Gasteiger partial charge >= 0.3 is 6.09 Å². The Morgan fingerprint density at radius 1 is 1.35 bits per heavy atom. The third kappa shape index (κ3) is 2.80. The number of rotatable bonds is 3. The first kappa shape index (κ1) is 13.4. The second-order valence-corrected chi connectivity index (χ2v) is 6.05. The summed E-state index contributed by atoms with van der Waals surface area (Å²) in [5.74, 6) is 2.36. The molecule has 20 heavy (non-hydrogen) atoms. The molecule has 6 nitrogen and oxygen atoms in total. The van der Waals surface area contributed by atoms with E-state index in [0.717, 1.165) is 25.2 Å². The minimum Gasteiger partial charge on any atom is -0.465 e. The second-order valence-electron chi connectivity index (χ2n) is 5.67. The molecule has 1 aliphatic heterocycles. The Labute approximate surface area is 122 Å². The van der Waals surface area contributed by atoms with Gasteiger partial charge in [-0.3, -0.25) is 0 Å². The van der Waals surface area contributed by atoms with Gasteiger partial charge in [0.1, 0.15) is 5.82 Å². The average Bonchev–Trinajstić information content (AvgIpc) is 2.96. The van der Waals surface area contributed by atoms with Gasteiger partial charge in [0.15, 0.2) is 5.15 Å². The molecular formula is C13H17ClN4O2. The van der Waals surface area contributed by atoms with Gasteiger partial charge in [0, 0.05) is 19.6 Å². The smallest absolute Gasteiger partial charge is 0.407 e. The molecule has 1 amide bonds. The van der Waals surface area contributed by atoms with Crippen LogP contribution in [0.2, 0.25) is 5.15 Å². The molecule has 2 aliphatic rings. The van der Waals surface area contributed by atoms with Gasteiger partial charge in [-0.05, 0) is 42.7 Å². The Hall–Kier alpha value is -1.56. The number of carbonyl (C=O) groups is 1. The zero-order chi connectivity index (χ0) is 14.1. The highest BCUT2D eigenvalue weighted by atomic mass is 35.5. The minimum absolute atomic E-state index is 0.389. The van der Waals surface area contributed by atoms with E-state index in [1.54, 1.807) is 11.0 Å². The van der Waals surface area contributed by atoms with Crippen molar-refractivity contribution >= 4 is 23.5 Å². The lowest BCUT2D eigenvalue weighted by molar-refractivity contribution is 0.151. The van der Waals surface area contributed by atoms with E-state index in [0.29, 0.717) is 36.0 Å². The molecule has 0 bridgehead atoms. The van der Waals surface area contributed by atoms with Gasteiger partial charge in [-0.25, -0.2) is 4.79 Å². The normalized spacial score (nSPS) is 28.4. The van der Waals surface area contributed by atoms with E-state index in [-0.39, 0.29) is 0 Å². The number of hydrogen-bond donors (Lipinski definition) is 2. The number of aromatic nitrogens is 2. The zero-order valence-electron chi connectivity index (χ0n) is 11.0. The number of halogens is 1. The predicted octanol–water partition coefficient (Wildman–Crippen LogP) is 2.18. The molecule has 1 saturated heterocycles. The van der Waals surface area contributed by atoms with E-state index in [2.05, 4.69) is 15.5 Å². The molecular weight excluding hydrogens is 280 g/mol. The van der Waals surface area contributed by atoms with Gasteiger partial charge in [-0.2, -0.15) is 0 Å². The maximum absolute atomic E-state index is 10.9. The summed E-state index contributed by atoms with van der Waals surface area (Å²) in [5.41, 5.74) is 0. The Morgan fingerprint density at radius 2 is 2.05 bits per heavy atom. The van der Waals surface area contributed by atoms with Crippen molar-refractivity contribution in [3.05, 3.63) is 17.3 Å². The number of carboxylic acid groups (broad SMARTS) is 1. The van der Waals surface area contributed by atoms with Crippen LogP contribution in [0.25, 0.3) is 0 Å². The van der Waals surface area contributed by atoms with E-state index in [1.165, 1.54) is 0 Å². The van der Waals surface area contributed by atoms with Crippen molar-refractivity contribution in [2.75, 3.05) is 25.0 Å². The molecule has 0 spiro atoms. The zero-order valence-corrected chi connectivity index (χ0v) is 11.8. The van der Waals surface area contributed by atoms with Crippen molar-refractivity contribution < 1.29 is 9.90 Å². The molecule has 1 aromatic heterocycles. The van der Waals surface area contributed by atoms with Crippen LogP contribution in [-0.4, -0.2) is 45.9 Å². The Morgan fingerprint density at radius 3 is 2.60 bits per heavy atom. The van der Waals surface area contributed by atoms with Crippen molar-refractivity contribution in [3.8, 4) is 0 Å². The number of amides is 1. The fraction of sp³-hybridized carbons (Fsp3) is 0.615. The quantitative estimate of drug-likeness (QED) is 0.894. The molecule has 2 fully saturated rings. The largest absolute Gasteiger partial charge is 0.465 e. The molecule has 3 atom stereocenters. The lowest BCUT2D eigenvalue weighted by atomic mass is 10.0. The van der Waals surface area contributed by atoms with E-state index in [1.807, 2.05) is 6.07 Å². The van der Waals surface area contributed by atoms with E-state index in [9.17, 15) is 4.79 Å². The van der Waals surface area contributed by atoms with E-state index < -0.39 is 6.09 Å². The highest BCUT2D eigenvalue weighted by Crippen LogP contribution is 2.41. The number of anilines is 1. The molecule has 2 heterocycles. The summed E-state index contributed by atoms with van der Waals surface area (Å²) in [7, 11) is 0. The van der Waals surface area contributed by atoms with Crippen LogP contribution in [0.4, 0.5) is 10.6 Å². The first-order valence-electron chi connectivity index (χ1n) is 6.83. The first-order chi connectivity index (χ1) is 9.61. The highest BCUT2D eigenvalue weighted by molar-refractivity contribution is 6.29. The Kier molecular flexibility index (Phi) is 3.65. The van der Waals surface area contributed by atoms with Crippen LogP contribution >= 0.6 is 11.6 Å². The standard InChI is InChI=1S/C13H17ClN4O2/c14-11-1-2-12(17-16-11)15-5-8-3-9-6-18(13(19)20)7-10(9)4-8/h1-2,8-10H,3-7H2,(H,15,17)(H,19,20)/t8-,9+,10-. The van der Waals surface area contributed by atoms with Crippen LogP contribution < -0.4 is 5.32 Å². The molecule has 1 aromatic rings. The summed E-state index contributed by atoms with van der Waals surface area (Å²) >= 11 is 5.69. The summed E-state index contributed by atoms with van der Waals surface area (Å²) in [6.07, 6.45) is 1.38. The lowest BCUT2D eigenvalue weighted by Gasteiger charge is -2.16. The molecule has 0 radical (unpaired) electrons. The third-order valence-corrected chi connectivity index (χ3v) is 4.52. The van der Waals surface area contributed by atoms with Crippen LogP contribution in [0.15, 0.2) is 12.1 Å². The van der Waals surface area contributed by atoms with Crippen molar-refractivity contribution in [3.63, 3.8) is 0 Å². The number of nitrogens with one attached hydrogen (secondary N) is 1. The van der Waals surface area contributed by atoms with Crippen LogP contribution in [-0.2, 0) is 0 Å². The van der Waals surface area contributed by atoms with E-state index >= 15 is 0 Å². The van der Waals surface area contributed by atoms with Crippen molar-refractivity contribution in [2.45, 2.75) is 12.8 Å². The number of likely N-dealkylation sites (tertiary alicyclic amines) is 1. The summed E-state index contributed by atoms with van der Waals surface area (Å²) in [6.45, 7) is 2.24. The van der Waals surface area contributed by atoms with Gasteiger partial charge in [-0.15, -0.1) is 10.2 Å². The molecule has 0 unspecified atom stereocenters. The van der Waals surface area contributed by atoms with Crippen molar-refractivity contribution in [1.82, 2.24) is 15.1 Å². The van der Waals surface area contributed by atoms with Crippen molar-refractivity contribution in [1.29, 1.82) is 0 Å². The SMILES string of the molecule is O=C(O)N1C[C@H]2C[C@H](CNc3ccc(Cl)nn3)C[C@H]2C1. The fourth-order valence-corrected chi connectivity index (χ4v) is 3.51. The Bertz CT molecular complexity index is 482. The molecule has 1 saturated carbocycles. The number of hydrogen-bond acceptors (Lipinski definition) is 4. The lowest BCUT2D eigenvalue weighted by Crippen LogP contribution is -2.28. The predicted molar refractivity (Wildman–Crippen MR) is 74.8 cm³/mol. The van der Waals surface area contributed by atoms with Crippen LogP contribution in [0.5, 0.6) is 0 Å². The summed E-state index contributed by atoms with van der Waals surface area (Å²) < 4.78 is 0. The maximum atomic E-state index is 10.9. The monoisotopic (exact) mass is 296 g/mol. The minimum atomic E-state index is -0.787. The summed E-state index contributed by atoms with van der Waals surface area (Å²) in [4.78, 5) is 12.5. The van der Waals surface area contributed by atoms with Crippen LogP contribution in [0.1, 0.15) is 12.8 Å². The second kappa shape index (κ2) is 5.44. The average molecular weight is 297 g/mol. The van der Waals surface area contributed by atoms with Gasteiger partial charge in [0.05, 0.1) is 0 Å². The molecule has 108 valence electrons. The van der Waals surface area contributed by atoms with Gasteiger partial charge in [0.25, 0.3) is 0 Å². The van der Waals surface area contributed by atoms with Crippen LogP contribution in [0.3, 0.4) is 0 Å². The molecule has 3 rings (SSSR count).